The summed E-state index contributed by atoms with van der Waals surface area (Å²) in [6.45, 7) is 0.324. The number of hydrogen-bond donors (Lipinski definition) is 1. The molecule has 1 fully saturated rings. The van der Waals surface area contributed by atoms with E-state index in [4.69, 9.17) is 9.47 Å². The third kappa shape index (κ3) is 5.17. The number of ether oxygens (including phenoxy) is 2. The van der Waals surface area contributed by atoms with Gasteiger partial charge in [-0.2, -0.15) is 4.31 Å². The summed E-state index contributed by atoms with van der Waals surface area (Å²) in [7, 11) is -3.75. The van der Waals surface area contributed by atoms with E-state index in [0.717, 1.165) is 12.1 Å². The molecule has 160 valence electrons. The number of nitrogens with zero attached hydrogens (tertiary/aromatic N) is 1. The highest BCUT2D eigenvalue weighted by Crippen LogP contribution is 2.20. The molecular weight excluding hydrogens is 422 g/mol. The quantitative estimate of drug-likeness (QED) is 0.687. The van der Waals surface area contributed by atoms with Gasteiger partial charge in [0, 0.05) is 24.8 Å². The fourth-order valence-corrected chi connectivity index (χ4v) is 4.19. The number of amides is 1. The van der Waals surface area contributed by atoms with Crippen molar-refractivity contribution < 1.29 is 36.3 Å². The second-order valence-electron chi connectivity index (χ2n) is 6.29. The number of rotatable bonds is 6. The first kappa shape index (κ1) is 21.8. The first-order valence-electron chi connectivity index (χ1n) is 8.87. The smallest absolute Gasteiger partial charge is 0.341 e. The molecule has 1 aliphatic heterocycles. The van der Waals surface area contributed by atoms with Gasteiger partial charge in [0.1, 0.15) is 11.6 Å². The Balaban J connectivity index is 1.61. The van der Waals surface area contributed by atoms with Crippen LogP contribution in [-0.4, -0.2) is 57.5 Å². The van der Waals surface area contributed by atoms with Gasteiger partial charge in [-0.15, -0.1) is 0 Å². The number of sulfonamides is 1. The van der Waals surface area contributed by atoms with E-state index in [9.17, 15) is 26.8 Å². The SMILES string of the molecule is O=C(COC(=O)c1ccc(F)cc1F)Nc1cccc(S(=O)(=O)N2CCOCC2)c1. The molecule has 0 atom stereocenters. The Morgan fingerprint density at radius 2 is 1.83 bits per heavy atom. The van der Waals surface area contributed by atoms with Crippen LogP contribution >= 0.6 is 0 Å². The minimum Gasteiger partial charge on any atom is -0.452 e. The van der Waals surface area contributed by atoms with Gasteiger partial charge in [-0.1, -0.05) is 6.07 Å². The number of anilines is 1. The third-order valence-electron chi connectivity index (χ3n) is 4.21. The van der Waals surface area contributed by atoms with E-state index in [-0.39, 0.29) is 23.7 Å². The van der Waals surface area contributed by atoms with Crippen LogP contribution in [0.3, 0.4) is 0 Å². The van der Waals surface area contributed by atoms with Crippen molar-refractivity contribution in [3.63, 3.8) is 0 Å². The Morgan fingerprint density at radius 3 is 2.53 bits per heavy atom. The standard InChI is InChI=1S/C19H18F2N2O6S/c20-13-4-5-16(17(21)10-13)19(25)29-12-18(24)22-14-2-1-3-15(11-14)30(26,27)23-6-8-28-9-7-23/h1-5,10-11H,6-9,12H2,(H,22,24). The highest BCUT2D eigenvalue weighted by atomic mass is 32.2. The van der Waals surface area contributed by atoms with Gasteiger partial charge in [-0.05, 0) is 30.3 Å². The maximum Gasteiger partial charge on any atom is 0.341 e. The predicted octanol–water partition coefficient (Wildman–Crippen LogP) is 1.78. The molecule has 1 heterocycles. The zero-order valence-corrected chi connectivity index (χ0v) is 16.5. The summed E-state index contributed by atoms with van der Waals surface area (Å²) in [6, 6.07) is 7.94. The molecule has 3 rings (SSSR count). The molecule has 0 bridgehead atoms. The van der Waals surface area contributed by atoms with E-state index in [1.165, 1.54) is 28.6 Å². The van der Waals surface area contributed by atoms with Gasteiger partial charge in [0.15, 0.2) is 6.61 Å². The molecule has 2 aromatic carbocycles. The molecule has 0 unspecified atom stereocenters. The molecule has 0 aromatic heterocycles. The molecule has 1 aliphatic rings. The summed E-state index contributed by atoms with van der Waals surface area (Å²) in [5.41, 5.74) is -0.332. The number of esters is 1. The molecule has 11 heteroatoms. The number of carbonyl (C=O) groups excluding carboxylic acids is 2. The van der Waals surface area contributed by atoms with Crippen molar-refractivity contribution in [2.45, 2.75) is 4.90 Å². The molecule has 30 heavy (non-hydrogen) atoms. The third-order valence-corrected chi connectivity index (χ3v) is 6.11. The Morgan fingerprint density at radius 1 is 1.10 bits per heavy atom. The number of morpholine rings is 1. The van der Waals surface area contributed by atoms with Crippen LogP contribution in [0.2, 0.25) is 0 Å². The maximum atomic E-state index is 13.6. The molecule has 0 radical (unpaired) electrons. The molecule has 1 amide bonds. The van der Waals surface area contributed by atoms with E-state index < -0.39 is 45.7 Å². The van der Waals surface area contributed by atoms with E-state index in [1.54, 1.807) is 0 Å². The maximum absolute atomic E-state index is 13.6. The minimum absolute atomic E-state index is 0.00687. The fraction of sp³-hybridized carbons (Fsp3) is 0.263. The summed E-state index contributed by atoms with van der Waals surface area (Å²) >= 11 is 0. The minimum atomic E-state index is -3.75. The van der Waals surface area contributed by atoms with Gasteiger partial charge in [-0.3, -0.25) is 4.79 Å². The summed E-state index contributed by atoms with van der Waals surface area (Å²) in [6.07, 6.45) is 0. The van der Waals surface area contributed by atoms with E-state index in [1.807, 2.05) is 0 Å². The van der Waals surface area contributed by atoms with Gasteiger partial charge < -0.3 is 14.8 Å². The number of nitrogens with one attached hydrogen (secondary N) is 1. The normalized spacial score (nSPS) is 14.9. The zero-order valence-electron chi connectivity index (χ0n) is 15.6. The van der Waals surface area contributed by atoms with E-state index >= 15 is 0 Å². The predicted molar refractivity (Wildman–Crippen MR) is 101 cm³/mol. The second kappa shape index (κ2) is 9.28. The highest BCUT2D eigenvalue weighted by Gasteiger charge is 2.26. The first-order chi connectivity index (χ1) is 14.3. The fourth-order valence-electron chi connectivity index (χ4n) is 2.73. The lowest BCUT2D eigenvalue weighted by atomic mass is 10.2. The monoisotopic (exact) mass is 440 g/mol. The van der Waals surface area contributed by atoms with Crippen molar-refractivity contribution in [2.75, 3.05) is 38.2 Å². The summed E-state index contributed by atoms with van der Waals surface area (Å²) in [5.74, 6) is -3.85. The van der Waals surface area contributed by atoms with Gasteiger partial charge in [-0.25, -0.2) is 22.0 Å². The van der Waals surface area contributed by atoms with Gasteiger partial charge >= 0.3 is 5.97 Å². The topological polar surface area (TPSA) is 102 Å². The van der Waals surface area contributed by atoms with Gasteiger partial charge in [0.25, 0.3) is 5.91 Å². The van der Waals surface area contributed by atoms with Crippen LogP contribution in [0.5, 0.6) is 0 Å². The largest absolute Gasteiger partial charge is 0.452 e. The number of benzene rings is 2. The summed E-state index contributed by atoms with van der Waals surface area (Å²) in [5, 5.41) is 2.41. The lowest BCUT2D eigenvalue weighted by Gasteiger charge is -2.26. The lowest BCUT2D eigenvalue weighted by Crippen LogP contribution is -2.40. The zero-order chi connectivity index (χ0) is 21.7. The number of halogens is 2. The average molecular weight is 440 g/mol. The van der Waals surface area contributed by atoms with Crippen molar-refractivity contribution in [3.05, 3.63) is 59.7 Å². The first-order valence-corrected chi connectivity index (χ1v) is 10.3. The molecule has 1 saturated heterocycles. The molecule has 0 saturated carbocycles. The van der Waals surface area contributed by atoms with Crippen LogP contribution in [0.15, 0.2) is 47.4 Å². The second-order valence-corrected chi connectivity index (χ2v) is 8.23. The lowest BCUT2D eigenvalue weighted by molar-refractivity contribution is -0.119. The van der Waals surface area contributed by atoms with Gasteiger partial charge in [0.05, 0.1) is 23.7 Å². The molecule has 8 nitrogen and oxygen atoms in total. The van der Waals surface area contributed by atoms with Crippen LogP contribution in [0.1, 0.15) is 10.4 Å². The van der Waals surface area contributed by atoms with Crippen molar-refractivity contribution >= 4 is 27.6 Å². The van der Waals surface area contributed by atoms with Crippen molar-refractivity contribution in [3.8, 4) is 0 Å². The Labute approximate surface area is 171 Å². The van der Waals surface area contributed by atoms with Crippen LogP contribution < -0.4 is 5.32 Å². The highest BCUT2D eigenvalue weighted by molar-refractivity contribution is 7.89. The van der Waals surface area contributed by atoms with Crippen LogP contribution in [-0.2, 0) is 24.3 Å². The van der Waals surface area contributed by atoms with E-state index in [0.29, 0.717) is 19.3 Å². The summed E-state index contributed by atoms with van der Waals surface area (Å²) in [4.78, 5) is 23.9. The molecule has 2 aromatic rings. The van der Waals surface area contributed by atoms with Crippen molar-refractivity contribution in [2.24, 2.45) is 0 Å². The number of hydrogen-bond acceptors (Lipinski definition) is 6. The molecular formula is C19H18F2N2O6S. The Hall–Kier alpha value is -2.89. The van der Waals surface area contributed by atoms with Crippen LogP contribution in [0.25, 0.3) is 0 Å². The molecule has 0 aliphatic carbocycles. The Bertz CT molecular complexity index is 1050. The van der Waals surface area contributed by atoms with E-state index in [2.05, 4.69) is 5.32 Å². The average Bonchev–Trinajstić information content (AvgIpc) is 2.73. The van der Waals surface area contributed by atoms with Crippen LogP contribution in [0.4, 0.5) is 14.5 Å². The van der Waals surface area contributed by atoms with Gasteiger partial charge in [0.2, 0.25) is 10.0 Å². The molecule has 1 N–H and O–H groups in total. The number of carbonyl (C=O) groups is 2. The van der Waals surface area contributed by atoms with Crippen molar-refractivity contribution in [1.82, 2.24) is 4.31 Å². The Kier molecular flexibility index (Phi) is 6.75. The molecule has 0 spiro atoms. The van der Waals surface area contributed by atoms with Crippen LogP contribution in [0, 0.1) is 11.6 Å². The summed E-state index contributed by atoms with van der Waals surface area (Å²) < 4.78 is 63.0. The van der Waals surface area contributed by atoms with Crippen molar-refractivity contribution in [1.29, 1.82) is 0 Å².